The summed E-state index contributed by atoms with van der Waals surface area (Å²) in [4.78, 5) is 0. The quantitative estimate of drug-likeness (QED) is 0.938. The van der Waals surface area contributed by atoms with Crippen LogP contribution in [0.2, 0.25) is 0 Å². The largest absolute Gasteiger partial charge is 0.309 e. The number of hydrogen-bond donors (Lipinski definition) is 1. The number of aromatic nitrogens is 5. The highest BCUT2D eigenvalue weighted by molar-refractivity contribution is 7.99. The second-order valence-corrected chi connectivity index (χ2v) is 7.24. The molecule has 0 radical (unpaired) electrons. The van der Waals surface area contributed by atoms with Crippen LogP contribution in [0.25, 0.3) is 0 Å². The fourth-order valence-electron chi connectivity index (χ4n) is 1.93. The van der Waals surface area contributed by atoms with Gasteiger partial charge in [0.1, 0.15) is 10.9 Å². The molecule has 21 heavy (non-hydrogen) atoms. The minimum atomic E-state index is 0.0750. The van der Waals surface area contributed by atoms with Crippen LogP contribution >= 0.6 is 11.8 Å². The molecule has 0 fully saturated rings. The Labute approximate surface area is 130 Å². The van der Waals surface area contributed by atoms with Crippen LogP contribution < -0.4 is 5.32 Å². The highest BCUT2D eigenvalue weighted by Crippen LogP contribution is 2.30. The molecule has 0 aliphatic rings. The molecule has 2 aromatic heterocycles. The van der Waals surface area contributed by atoms with Gasteiger partial charge in [0.25, 0.3) is 0 Å². The molecule has 7 heteroatoms. The zero-order valence-electron chi connectivity index (χ0n) is 13.9. The van der Waals surface area contributed by atoms with Gasteiger partial charge < -0.3 is 9.88 Å². The summed E-state index contributed by atoms with van der Waals surface area (Å²) in [6.45, 7) is 11.3. The van der Waals surface area contributed by atoms with Gasteiger partial charge in [-0.25, -0.2) is 0 Å². The summed E-state index contributed by atoms with van der Waals surface area (Å²) in [6.07, 6.45) is 0. The van der Waals surface area contributed by atoms with Gasteiger partial charge in [-0.15, -0.1) is 10.2 Å². The van der Waals surface area contributed by atoms with Crippen molar-refractivity contribution in [2.45, 2.75) is 56.9 Å². The topological polar surface area (TPSA) is 60.6 Å². The summed E-state index contributed by atoms with van der Waals surface area (Å²) in [5, 5.41) is 18.4. The van der Waals surface area contributed by atoms with Crippen molar-refractivity contribution >= 4 is 11.8 Å². The van der Waals surface area contributed by atoms with Crippen molar-refractivity contribution in [3.05, 3.63) is 17.1 Å². The predicted octanol–water partition coefficient (Wildman–Crippen LogP) is 2.20. The normalized spacial score (nSPS) is 12.1. The molecule has 0 bridgehead atoms. The lowest BCUT2D eigenvalue weighted by molar-refractivity contribution is 0.421. The van der Waals surface area contributed by atoms with Crippen LogP contribution in [0.1, 0.15) is 37.9 Å². The Morgan fingerprint density at radius 1 is 1.14 bits per heavy atom. The number of hydrogen-bond acceptors (Lipinski definition) is 5. The number of aryl methyl sites for hydroxylation is 3. The summed E-state index contributed by atoms with van der Waals surface area (Å²) in [7, 11) is 3.95. The van der Waals surface area contributed by atoms with E-state index in [1.807, 2.05) is 37.2 Å². The lowest BCUT2D eigenvalue weighted by atomic mass is 10.1. The van der Waals surface area contributed by atoms with Crippen LogP contribution in [0.5, 0.6) is 0 Å². The summed E-state index contributed by atoms with van der Waals surface area (Å²) in [5.74, 6) is 0.908. The Bertz CT molecular complexity index is 635. The van der Waals surface area contributed by atoms with Crippen LogP contribution in [0.15, 0.2) is 10.2 Å². The predicted molar refractivity (Wildman–Crippen MR) is 84.4 cm³/mol. The zero-order chi connectivity index (χ0) is 15.8. The molecule has 1 N–H and O–H groups in total. The van der Waals surface area contributed by atoms with Crippen molar-refractivity contribution in [3.63, 3.8) is 0 Å². The van der Waals surface area contributed by atoms with E-state index >= 15 is 0 Å². The molecule has 0 aliphatic heterocycles. The molecule has 2 rings (SSSR count). The lowest BCUT2D eigenvalue weighted by Crippen LogP contribution is -2.35. The maximum atomic E-state index is 4.54. The van der Waals surface area contributed by atoms with E-state index < -0.39 is 0 Å². The molecular weight excluding hydrogens is 284 g/mol. The SMILES string of the molecule is Cc1nn(C)c(Sc2nnc(C)n2C)c1CNC(C)(C)C. The lowest BCUT2D eigenvalue weighted by Gasteiger charge is -2.20. The van der Waals surface area contributed by atoms with Crippen molar-refractivity contribution in [3.8, 4) is 0 Å². The first kappa shape index (κ1) is 16.0. The monoisotopic (exact) mass is 308 g/mol. The smallest absolute Gasteiger partial charge is 0.197 e. The highest BCUT2D eigenvalue weighted by Gasteiger charge is 2.19. The molecule has 0 saturated carbocycles. The number of rotatable bonds is 4. The third kappa shape index (κ3) is 3.65. The fraction of sp³-hybridized carbons (Fsp3) is 0.643. The Morgan fingerprint density at radius 2 is 1.81 bits per heavy atom. The Hall–Kier alpha value is -1.34. The molecule has 0 saturated heterocycles. The summed E-state index contributed by atoms with van der Waals surface area (Å²) < 4.78 is 3.91. The average Bonchev–Trinajstić information content (AvgIpc) is 2.81. The summed E-state index contributed by atoms with van der Waals surface area (Å²) >= 11 is 1.61. The van der Waals surface area contributed by atoms with Crippen molar-refractivity contribution in [1.82, 2.24) is 29.9 Å². The molecule has 0 spiro atoms. The van der Waals surface area contributed by atoms with E-state index in [1.54, 1.807) is 11.8 Å². The van der Waals surface area contributed by atoms with Crippen molar-refractivity contribution < 1.29 is 0 Å². The van der Waals surface area contributed by atoms with Crippen molar-refractivity contribution in [2.24, 2.45) is 14.1 Å². The molecular formula is C14H24N6S. The van der Waals surface area contributed by atoms with Gasteiger partial charge in [-0.3, -0.25) is 4.68 Å². The van der Waals surface area contributed by atoms with Crippen molar-refractivity contribution in [1.29, 1.82) is 0 Å². The van der Waals surface area contributed by atoms with Gasteiger partial charge in [-0.2, -0.15) is 5.10 Å². The number of nitrogens with zero attached hydrogens (tertiary/aromatic N) is 5. The first-order valence-corrected chi connectivity index (χ1v) is 7.82. The Kier molecular flexibility index (Phi) is 4.43. The van der Waals surface area contributed by atoms with Crippen LogP contribution in [-0.4, -0.2) is 30.1 Å². The van der Waals surface area contributed by atoms with Gasteiger partial charge in [-0.05, 0) is 46.4 Å². The first-order chi connectivity index (χ1) is 9.69. The first-order valence-electron chi connectivity index (χ1n) is 7.00. The van der Waals surface area contributed by atoms with Crippen molar-refractivity contribution in [2.75, 3.05) is 0 Å². The second kappa shape index (κ2) is 5.81. The molecule has 0 aliphatic carbocycles. The van der Waals surface area contributed by atoms with E-state index in [-0.39, 0.29) is 5.54 Å². The number of nitrogens with one attached hydrogen (secondary N) is 1. The molecule has 2 aromatic rings. The van der Waals surface area contributed by atoms with Crippen LogP contribution in [0.4, 0.5) is 0 Å². The fourth-order valence-corrected chi connectivity index (χ4v) is 2.97. The minimum absolute atomic E-state index is 0.0750. The second-order valence-electron chi connectivity index (χ2n) is 6.29. The van der Waals surface area contributed by atoms with E-state index in [0.717, 1.165) is 28.2 Å². The molecule has 0 amide bonds. The highest BCUT2D eigenvalue weighted by atomic mass is 32.2. The van der Waals surface area contributed by atoms with Gasteiger partial charge in [0.05, 0.1) is 5.69 Å². The van der Waals surface area contributed by atoms with E-state index in [4.69, 9.17) is 0 Å². The van der Waals surface area contributed by atoms with Crippen LogP contribution in [0, 0.1) is 13.8 Å². The van der Waals surface area contributed by atoms with Crippen LogP contribution in [-0.2, 0) is 20.6 Å². The molecule has 6 nitrogen and oxygen atoms in total. The van der Waals surface area contributed by atoms with Gasteiger partial charge in [0, 0.05) is 31.7 Å². The maximum absolute atomic E-state index is 4.54. The third-order valence-corrected chi connectivity index (χ3v) is 4.57. The van der Waals surface area contributed by atoms with E-state index in [0.29, 0.717) is 0 Å². The maximum Gasteiger partial charge on any atom is 0.197 e. The van der Waals surface area contributed by atoms with Crippen LogP contribution in [0.3, 0.4) is 0 Å². The molecule has 116 valence electrons. The zero-order valence-corrected chi connectivity index (χ0v) is 14.7. The molecule has 0 atom stereocenters. The van der Waals surface area contributed by atoms with Gasteiger partial charge in [0.2, 0.25) is 0 Å². The average molecular weight is 308 g/mol. The van der Waals surface area contributed by atoms with Gasteiger partial charge in [0.15, 0.2) is 5.16 Å². The summed E-state index contributed by atoms with van der Waals surface area (Å²) in [6, 6.07) is 0. The molecule has 2 heterocycles. The Balaban J connectivity index is 2.28. The summed E-state index contributed by atoms with van der Waals surface area (Å²) in [5.41, 5.74) is 2.35. The standard InChI is InChI=1S/C14H24N6S/c1-9-11(8-15-14(3,4)5)12(20(7)18-9)21-13-17-16-10(2)19(13)6/h15H,8H2,1-7H3. The van der Waals surface area contributed by atoms with E-state index in [1.165, 1.54) is 5.56 Å². The minimum Gasteiger partial charge on any atom is -0.309 e. The third-order valence-electron chi connectivity index (χ3n) is 3.32. The molecule has 0 unspecified atom stereocenters. The Morgan fingerprint density at radius 3 is 2.33 bits per heavy atom. The van der Waals surface area contributed by atoms with Gasteiger partial charge in [-0.1, -0.05) is 0 Å². The van der Waals surface area contributed by atoms with E-state index in [9.17, 15) is 0 Å². The van der Waals surface area contributed by atoms with Gasteiger partial charge >= 0.3 is 0 Å². The molecule has 0 aromatic carbocycles. The van der Waals surface area contributed by atoms with E-state index in [2.05, 4.69) is 41.4 Å².